The molecule has 0 unspecified atom stereocenters. The van der Waals surface area contributed by atoms with E-state index in [1.54, 1.807) is 25.5 Å². The summed E-state index contributed by atoms with van der Waals surface area (Å²) in [6.45, 7) is 6.19. The Morgan fingerprint density at radius 1 is 1.30 bits per heavy atom. The molecule has 3 heterocycles. The van der Waals surface area contributed by atoms with Gasteiger partial charge >= 0.3 is 5.97 Å². The number of pyridine rings is 2. The summed E-state index contributed by atoms with van der Waals surface area (Å²) in [4.78, 5) is 21.3. The van der Waals surface area contributed by atoms with E-state index in [-0.39, 0.29) is 11.9 Å². The summed E-state index contributed by atoms with van der Waals surface area (Å²) in [5, 5.41) is 7.57. The molecule has 6 nitrogen and oxygen atoms in total. The number of aromatic nitrogens is 4. The third kappa shape index (κ3) is 2.67. The lowest BCUT2D eigenvalue weighted by molar-refractivity contribution is 0.0527. The van der Waals surface area contributed by atoms with E-state index in [1.807, 2.05) is 26.0 Å². The maximum absolute atomic E-state index is 12.6. The number of rotatable bonds is 4. The van der Waals surface area contributed by atoms with Crippen LogP contribution in [0, 0.1) is 0 Å². The van der Waals surface area contributed by atoms with E-state index >= 15 is 0 Å². The molecule has 118 valence electrons. The quantitative estimate of drug-likeness (QED) is 0.748. The smallest absolute Gasteiger partial charge is 0.339 e. The standard InChI is InChI=1S/C17H18N4O2/c1-4-23-17(22)14-12-9-19-21-16(12)20-15(13(14)10(2)3)11-5-7-18-8-6-11/h5-10H,4H2,1-3H3,(H,19,20,21). The second kappa shape index (κ2) is 6.16. The van der Waals surface area contributed by atoms with E-state index in [0.717, 1.165) is 16.8 Å². The molecule has 3 aromatic rings. The average molecular weight is 310 g/mol. The van der Waals surface area contributed by atoms with E-state index in [0.29, 0.717) is 23.2 Å². The van der Waals surface area contributed by atoms with Crippen LogP contribution in [0.3, 0.4) is 0 Å². The fourth-order valence-corrected chi connectivity index (χ4v) is 2.70. The van der Waals surface area contributed by atoms with Gasteiger partial charge in [0, 0.05) is 18.0 Å². The van der Waals surface area contributed by atoms with Gasteiger partial charge in [-0.15, -0.1) is 0 Å². The van der Waals surface area contributed by atoms with Crippen molar-refractivity contribution < 1.29 is 9.53 Å². The van der Waals surface area contributed by atoms with Crippen molar-refractivity contribution in [2.45, 2.75) is 26.7 Å². The first-order valence-corrected chi connectivity index (χ1v) is 7.58. The first kappa shape index (κ1) is 15.1. The second-order valence-corrected chi connectivity index (χ2v) is 5.49. The molecule has 3 aromatic heterocycles. The van der Waals surface area contributed by atoms with E-state index < -0.39 is 0 Å². The summed E-state index contributed by atoms with van der Waals surface area (Å²) in [6.07, 6.45) is 5.04. The van der Waals surface area contributed by atoms with Gasteiger partial charge in [-0.2, -0.15) is 5.10 Å². The molecule has 6 heteroatoms. The Bertz CT molecular complexity index is 840. The van der Waals surface area contributed by atoms with Gasteiger partial charge in [0.25, 0.3) is 0 Å². The predicted octanol–water partition coefficient (Wildman–Crippen LogP) is 3.32. The van der Waals surface area contributed by atoms with Gasteiger partial charge in [0.2, 0.25) is 0 Å². The highest BCUT2D eigenvalue weighted by atomic mass is 16.5. The van der Waals surface area contributed by atoms with Crippen LogP contribution in [0.2, 0.25) is 0 Å². The van der Waals surface area contributed by atoms with Crippen LogP contribution in [-0.2, 0) is 4.74 Å². The molecule has 3 rings (SSSR count). The predicted molar refractivity (Wildman–Crippen MR) is 87.2 cm³/mol. The molecule has 23 heavy (non-hydrogen) atoms. The van der Waals surface area contributed by atoms with E-state index in [1.165, 1.54) is 0 Å². The average Bonchev–Trinajstić information content (AvgIpc) is 3.02. The summed E-state index contributed by atoms with van der Waals surface area (Å²) in [5.74, 6) is -0.246. The highest BCUT2D eigenvalue weighted by Gasteiger charge is 2.25. The molecule has 0 aliphatic rings. The van der Waals surface area contributed by atoms with Crippen molar-refractivity contribution in [1.82, 2.24) is 20.2 Å². The summed E-state index contributed by atoms with van der Waals surface area (Å²) in [5.41, 5.74) is 3.63. The molecule has 0 amide bonds. The summed E-state index contributed by atoms with van der Waals surface area (Å²) < 4.78 is 5.27. The number of carbonyl (C=O) groups excluding carboxylic acids is 1. The van der Waals surface area contributed by atoms with Crippen LogP contribution in [0.15, 0.2) is 30.7 Å². The van der Waals surface area contributed by atoms with E-state index in [2.05, 4.69) is 20.2 Å². The Hall–Kier alpha value is -2.76. The molecular weight excluding hydrogens is 292 g/mol. The molecule has 0 spiro atoms. The van der Waals surface area contributed by atoms with Gasteiger partial charge in [-0.3, -0.25) is 10.1 Å². The number of hydrogen-bond donors (Lipinski definition) is 1. The zero-order chi connectivity index (χ0) is 16.4. The zero-order valence-electron chi connectivity index (χ0n) is 13.3. The zero-order valence-corrected chi connectivity index (χ0v) is 13.3. The molecule has 0 aliphatic heterocycles. The molecule has 0 aromatic carbocycles. The maximum Gasteiger partial charge on any atom is 0.339 e. The largest absolute Gasteiger partial charge is 0.462 e. The van der Waals surface area contributed by atoms with Crippen LogP contribution in [-0.4, -0.2) is 32.7 Å². The number of H-pyrrole nitrogens is 1. The van der Waals surface area contributed by atoms with Gasteiger partial charge in [-0.1, -0.05) is 13.8 Å². The molecule has 0 aliphatic carbocycles. The lowest BCUT2D eigenvalue weighted by atomic mass is 9.91. The first-order chi connectivity index (χ1) is 11.1. The highest BCUT2D eigenvalue weighted by molar-refractivity contribution is 6.05. The Balaban J connectivity index is 2.36. The van der Waals surface area contributed by atoms with Crippen LogP contribution in [0.1, 0.15) is 42.6 Å². The number of nitrogens with one attached hydrogen (secondary N) is 1. The van der Waals surface area contributed by atoms with Crippen LogP contribution in [0.5, 0.6) is 0 Å². The van der Waals surface area contributed by atoms with Crippen LogP contribution in [0.25, 0.3) is 22.3 Å². The molecule has 0 fully saturated rings. The maximum atomic E-state index is 12.6. The minimum Gasteiger partial charge on any atom is -0.462 e. The van der Waals surface area contributed by atoms with Crippen LogP contribution >= 0.6 is 0 Å². The third-order valence-corrected chi connectivity index (χ3v) is 3.65. The Labute approximate surface area is 133 Å². The molecule has 0 saturated carbocycles. The monoisotopic (exact) mass is 310 g/mol. The van der Waals surface area contributed by atoms with Crippen molar-refractivity contribution in [2.24, 2.45) is 0 Å². The van der Waals surface area contributed by atoms with Gasteiger partial charge in [0.05, 0.1) is 29.4 Å². The van der Waals surface area contributed by atoms with Crippen molar-refractivity contribution in [2.75, 3.05) is 6.61 Å². The number of aromatic amines is 1. The van der Waals surface area contributed by atoms with Crippen LogP contribution < -0.4 is 0 Å². The minimum atomic E-state index is -0.347. The fourth-order valence-electron chi connectivity index (χ4n) is 2.70. The lowest BCUT2D eigenvalue weighted by Gasteiger charge is -2.17. The highest BCUT2D eigenvalue weighted by Crippen LogP contribution is 2.34. The van der Waals surface area contributed by atoms with E-state index in [4.69, 9.17) is 4.74 Å². The van der Waals surface area contributed by atoms with Gasteiger partial charge < -0.3 is 4.74 Å². The van der Waals surface area contributed by atoms with Crippen molar-refractivity contribution in [3.8, 4) is 11.3 Å². The summed E-state index contributed by atoms with van der Waals surface area (Å²) >= 11 is 0. The lowest BCUT2D eigenvalue weighted by Crippen LogP contribution is -2.12. The number of esters is 1. The van der Waals surface area contributed by atoms with Crippen molar-refractivity contribution in [1.29, 1.82) is 0 Å². The fraction of sp³-hybridized carbons (Fsp3) is 0.294. The molecule has 0 atom stereocenters. The molecule has 0 saturated heterocycles. The number of carbonyl (C=O) groups is 1. The minimum absolute atomic E-state index is 0.101. The number of hydrogen-bond acceptors (Lipinski definition) is 5. The van der Waals surface area contributed by atoms with Gasteiger partial charge in [0.15, 0.2) is 5.65 Å². The van der Waals surface area contributed by atoms with Crippen molar-refractivity contribution in [3.05, 3.63) is 41.9 Å². The SMILES string of the molecule is CCOC(=O)c1c(C(C)C)c(-c2ccncc2)nc2[nH]ncc12. The summed E-state index contributed by atoms with van der Waals surface area (Å²) in [7, 11) is 0. The molecule has 0 radical (unpaired) electrons. The van der Waals surface area contributed by atoms with Crippen molar-refractivity contribution >= 4 is 17.0 Å². The van der Waals surface area contributed by atoms with Gasteiger partial charge in [-0.05, 0) is 30.5 Å². The Kier molecular flexibility index (Phi) is 4.06. The van der Waals surface area contributed by atoms with E-state index in [9.17, 15) is 4.79 Å². The number of nitrogens with zero attached hydrogens (tertiary/aromatic N) is 3. The summed E-state index contributed by atoms with van der Waals surface area (Å²) in [6, 6.07) is 3.76. The van der Waals surface area contributed by atoms with Gasteiger partial charge in [-0.25, -0.2) is 9.78 Å². The van der Waals surface area contributed by atoms with Gasteiger partial charge in [0.1, 0.15) is 0 Å². The molecule has 0 bridgehead atoms. The van der Waals surface area contributed by atoms with Crippen LogP contribution in [0.4, 0.5) is 0 Å². The molecular formula is C17H18N4O2. The number of fused-ring (bicyclic) bond motifs is 1. The Morgan fingerprint density at radius 3 is 2.70 bits per heavy atom. The van der Waals surface area contributed by atoms with Crippen molar-refractivity contribution in [3.63, 3.8) is 0 Å². The normalized spacial score (nSPS) is 11.1. The number of ether oxygens (including phenoxy) is 1. The first-order valence-electron chi connectivity index (χ1n) is 7.58. The molecule has 1 N–H and O–H groups in total. The second-order valence-electron chi connectivity index (χ2n) is 5.49. The Morgan fingerprint density at radius 2 is 2.04 bits per heavy atom. The third-order valence-electron chi connectivity index (χ3n) is 3.65. The topological polar surface area (TPSA) is 80.8 Å².